The lowest BCUT2D eigenvalue weighted by molar-refractivity contribution is 0.280. The maximum atomic E-state index is 9.23. The van der Waals surface area contributed by atoms with Crippen LogP contribution in [0.25, 0.3) is 0 Å². The third-order valence-electron chi connectivity index (χ3n) is 6.79. The van der Waals surface area contributed by atoms with Gasteiger partial charge in [-0.3, -0.25) is 0 Å². The van der Waals surface area contributed by atoms with Gasteiger partial charge in [-0.25, -0.2) is 0 Å². The summed E-state index contributed by atoms with van der Waals surface area (Å²) >= 11 is 0. The van der Waals surface area contributed by atoms with Crippen LogP contribution < -0.4 is 0 Å². The second kappa shape index (κ2) is 31.2. The fourth-order valence-corrected chi connectivity index (χ4v) is 4.37. The summed E-state index contributed by atoms with van der Waals surface area (Å²) in [4.78, 5) is 0. The van der Waals surface area contributed by atoms with Crippen molar-refractivity contribution in [3.05, 3.63) is 48.6 Å². The van der Waals surface area contributed by atoms with Gasteiger partial charge in [0, 0.05) is 0 Å². The first-order valence-electron chi connectivity index (χ1n) is 15.6. The third kappa shape index (κ3) is 30.2. The lowest BCUT2D eigenvalue weighted by atomic mass is 10.1. The van der Waals surface area contributed by atoms with Gasteiger partial charge >= 0.3 is 0 Å². The van der Waals surface area contributed by atoms with Crippen LogP contribution in [0.4, 0.5) is 0 Å². The number of terminal acetylenes is 2. The largest absolute Gasteiger partial charge is 0.377 e. The molecule has 2 N–H and O–H groups in total. The van der Waals surface area contributed by atoms with Crippen molar-refractivity contribution in [2.75, 3.05) is 0 Å². The Bertz CT molecular complexity index is 625. The van der Waals surface area contributed by atoms with Crippen molar-refractivity contribution < 1.29 is 10.2 Å². The van der Waals surface area contributed by atoms with Crippen LogP contribution in [-0.2, 0) is 0 Å². The third-order valence-corrected chi connectivity index (χ3v) is 6.79. The van der Waals surface area contributed by atoms with E-state index in [1.165, 1.54) is 128 Å². The number of allylic oxidation sites excluding steroid dienone is 6. The van der Waals surface area contributed by atoms with Crippen molar-refractivity contribution in [3.63, 3.8) is 0 Å². The van der Waals surface area contributed by atoms with E-state index in [-0.39, 0.29) is 0 Å². The Morgan fingerprint density at radius 2 is 0.579 bits per heavy atom. The molecule has 0 unspecified atom stereocenters. The quantitative estimate of drug-likeness (QED) is 0.0640. The minimum Gasteiger partial charge on any atom is -0.377 e. The molecule has 0 rings (SSSR count). The number of hydrogen-bond donors (Lipinski definition) is 2. The number of unbranched alkanes of at least 4 members (excludes halogenated alkanes) is 19. The van der Waals surface area contributed by atoms with Crippen LogP contribution in [0.15, 0.2) is 48.6 Å². The number of rotatable bonds is 27. The maximum absolute atomic E-state index is 9.23. The molecule has 38 heavy (non-hydrogen) atoms. The zero-order valence-electron chi connectivity index (χ0n) is 24.4. The Morgan fingerprint density at radius 3 is 0.842 bits per heavy atom. The Hall–Kier alpha value is -2.00. The number of aliphatic hydroxyl groups is 2. The van der Waals surface area contributed by atoms with E-state index in [2.05, 4.69) is 36.1 Å². The molecule has 0 aromatic carbocycles. The van der Waals surface area contributed by atoms with Crippen molar-refractivity contribution >= 4 is 0 Å². The molecule has 2 heteroatoms. The zero-order chi connectivity index (χ0) is 27.8. The molecular weight excluding hydrogens is 464 g/mol. The second-order valence-corrected chi connectivity index (χ2v) is 10.4. The van der Waals surface area contributed by atoms with Gasteiger partial charge < -0.3 is 10.2 Å². The summed E-state index contributed by atoms with van der Waals surface area (Å²) in [6.45, 7) is 0. The second-order valence-electron chi connectivity index (χ2n) is 10.4. The minimum absolute atomic E-state index is 0.721. The Balaban J connectivity index is 3.25. The van der Waals surface area contributed by atoms with E-state index in [0.29, 0.717) is 0 Å². The van der Waals surface area contributed by atoms with Crippen molar-refractivity contribution in [3.8, 4) is 24.7 Å². The van der Waals surface area contributed by atoms with Crippen LogP contribution in [0.5, 0.6) is 0 Å². The SMILES string of the molecule is C#C[C@H](O)/C=C/CCCCCCCCC/C=C/CCCC/C=C/CCCCCCCCC/C=C/[C@@H](O)C#C. The summed E-state index contributed by atoms with van der Waals surface area (Å²) in [6, 6.07) is 0. The number of hydrogen-bond acceptors (Lipinski definition) is 2. The fourth-order valence-electron chi connectivity index (χ4n) is 4.37. The molecule has 0 aliphatic heterocycles. The van der Waals surface area contributed by atoms with E-state index < -0.39 is 12.2 Å². The summed E-state index contributed by atoms with van der Waals surface area (Å²) in [5.41, 5.74) is 0. The smallest absolute Gasteiger partial charge is 0.133 e. The summed E-state index contributed by atoms with van der Waals surface area (Å²) in [7, 11) is 0. The highest BCUT2D eigenvalue weighted by Crippen LogP contribution is 2.12. The van der Waals surface area contributed by atoms with Crippen molar-refractivity contribution in [1.29, 1.82) is 0 Å². The molecule has 0 amide bonds. The predicted octanol–water partition coefficient (Wildman–Crippen LogP) is 9.78. The molecule has 0 spiro atoms. The average molecular weight is 523 g/mol. The van der Waals surface area contributed by atoms with Crippen LogP contribution in [0, 0.1) is 24.7 Å². The normalized spacial score (nSPS) is 13.6. The monoisotopic (exact) mass is 522 g/mol. The van der Waals surface area contributed by atoms with Gasteiger partial charge in [-0.15, -0.1) is 12.8 Å². The van der Waals surface area contributed by atoms with Crippen LogP contribution in [0.1, 0.15) is 141 Å². The van der Waals surface area contributed by atoms with Gasteiger partial charge in [0.05, 0.1) is 0 Å². The van der Waals surface area contributed by atoms with Gasteiger partial charge in [-0.05, 0) is 89.2 Å². The molecule has 0 heterocycles. The van der Waals surface area contributed by atoms with E-state index in [9.17, 15) is 10.2 Å². The molecule has 0 aromatic rings. The van der Waals surface area contributed by atoms with E-state index in [1.807, 2.05) is 12.2 Å². The molecule has 2 atom stereocenters. The van der Waals surface area contributed by atoms with E-state index in [0.717, 1.165) is 12.8 Å². The lowest BCUT2D eigenvalue weighted by Crippen LogP contribution is -1.95. The molecule has 0 saturated heterocycles. The van der Waals surface area contributed by atoms with Crippen molar-refractivity contribution in [1.82, 2.24) is 0 Å². The molecule has 0 fully saturated rings. The molecule has 0 aliphatic carbocycles. The van der Waals surface area contributed by atoms with Crippen LogP contribution in [0.2, 0.25) is 0 Å². The molecule has 214 valence electrons. The van der Waals surface area contributed by atoms with Crippen molar-refractivity contribution in [2.24, 2.45) is 0 Å². The van der Waals surface area contributed by atoms with Gasteiger partial charge in [0.1, 0.15) is 12.2 Å². The lowest BCUT2D eigenvalue weighted by Gasteiger charge is -2.01. The van der Waals surface area contributed by atoms with Gasteiger partial charge in [-0.1, -0.05) is 113 Å². The Kier molecular flexibility index (Phi) is 29.6. The first-order valence-corrected chi connectivity index (χ1v) is 15.6. The Labute approximate surface area is 236 Å². The summed E-state index contributed by atoms with van der Waals surface area (Å²) in [5, 5.41) is 18.5. The van der Waals surface area contributed by atoms with E-state index in [1.54, 1.807) is 12.2 Å². The van der Waals surface area contributed by atoms with E-state index in [4.69, 9.17) is 12.8 Å². The number of aliphatic hydroxyl groups excluding tert-OH is 2. The zero-order valence-corrected chi connectivity index (χ0v) is 24.4. The van der Waals surface area contributed by atoms with Crippen LogP contribution in [-0.4, -0.2) is 22.4 Å². The molecular formula is C36H58O2. The molecule has 0 saturated carbocycles. The molecule has 0 aliphatic rings. The molecule has 0 aromatic heterocycles. The van der Waals surface area contributed by atoms with Gasteiger partial charge in [0.15, 0.2) is 0 Å². The standard InChI is InChI=1S/C36H58O2/c1-3-35(37)33-31-29-27-25-23-21-19-17-15-13-11-9-7-5-6-8-10-12-14-16-18-20-22-24-26-28-30-32-34-36(38)4-2/h1-2,9-12,31-38H,5-8,13-30H2/b11-9+,12-10+,33-31+,34-32+/t35-,36-/m0/s1. The van der Waals surface area contributed by atoms with Crippen LogP contribution >= 0.6 is 0 Å². The highest BCUT2D eigenvalue weighted by molar-refractivity contribution is 5.06. The molecule has 2 nitrogen and oxygen atoms in total. The highest BCUT2D eigenvalue weighted by atomic mass is 16.3. The topological polar surface area (TPSA) is 40.5 Å². The van der Waals surface area contributed by atoms with Crippen LogP contribution in [0.3, 0.4) is 0 Å². The first kappa shape index (κ1) is 36.0. The Morgan fingerprint density at radius 1 is 0.368 bits per heavy atom. The molecule has 0 bridgehead atoms. The average Bonchev–Trinajstić information content (AvgIpc) is 2.93. The highest BCUT2D eigenvalue weighted by Gasteiger charge is 1.94. The van der Waals surface area contributed by atoms with Gasteiger partial charge in [0.25, 0.3) is 0 Å². The van der Waals surface area contributed by atoms with Gasteiger partial charge in [-0.2, -0.15) is 0 Å². The molecule has 0 radical (unpaired) electrons. The van der Waals surface area contributed by atoms with E-state index >= 15 is 0 Å². The summed E-state index contributed by atoms with van der Waals surface area (Å²) in [6.07, 6.45) is 53.6. The maximum Gasteiger partial charge on any atom is 0.133 e. The van der Waals surface area contributed by atoms with Gasteiger partial charge in [0.2, 0.25) is 0 Å². The first-order chi connectivity index (χ1) is 18.7. The summed E-state index contributed by atoms with van der Waals surface area (Å²) in [5.74, 6) is 4.59. The predicted molar refractivity (Wildman–Crippen MR) is 168 cm³/mol. The van der Waals surface area contributed by atoms with Crippen molar-refractivity contribution in [2.45, 2.75) is 153 Å². The minimum atomic E-state index is -0.721. The summed E-state index contributed by atoms with van der Waals surface area (Å²) < 4.78 is 0. The fraction of sp³-hybridized carbons (Fsp3) is 0.667.